The van der Waals surface area contributed by atoms with Gasteiger partial charge < -0.3 is 10.2 Å². The highest BCUT2D eigenvalue weighted by Gasteiger charge is 2.25. The van der Waals surface area contributed by atoms with Crippen molar-refractivity contribution >= 4 is 5.91 Å². The van der Waals surface area contributed by atoms with E-state index in [1.54, 1.807) is 0 Å². The van der Waals surface area contributed by atoms with Crippen molar-refractivity contribution in [3.8, 4) is 0 Å². The lowest BCUT2D eigenvalue weighted by molar-refractivity contribution is -0.121. The van der Waals surface area contributed by atoms with Crippen molar-refractivity contribution in [3.63, 3.8) is 0 Å². The van der Waals surface area contributed by atoms with E-state index in [0.717, 1.165) is 37.3 Å². The molecule has 1 aromatic carbocycles. The fourth-order valence-electron chi connectivity index (χ4n) is 3.49. The van der Waals surface area contributed by atoms with E-state index < -0.39 is 0 Å². The molecule has 1 atom stereocenters. The Labute approximate surface area is 150 Å². The van der Waals surface area contributed by atoms with Crippen molar-refractivity contribution in [2.75, 3.05) is 19.6 Å². The topological polar surface area (TPSA) is 50.2 Å². The van der Waals surface area contributed by atoms with Crippen molar-refractivity contribution in [1.29, 1.82) is 0 Å². The molecule has 5 heteroatoms. The van der Waals surface area contributed by atoms with Crippen LogP contribution in [0.15, 0.2) is 30.3 Å². The lowest BCUT2D eigenvalue weighted by Crippen LogP contribution is -2.30. The van der Waals surface area contributed by atoms with E-state index in [2.05, 4.69) is 64.2 Å². The molecule has 0 saturated carbocycles. The van der Waals surface area contributed by atoms with Gasteiger partial charge in [-0.05, 0) is 38.8 Å². The summed E-state index contributed by atoms with van der Waals surface area (Å²) in [7, 11) is 0. The smallest absolute Gasteiger partial charge is 0.221 e. The molecule has 0 spiro atoms. The number of rotatable bonds is 6. The molecule has 2 heterocycles. The number of aryl methyl sites for hydroxylation is 3. The minimum atomic E-state index is 0.120. The Hall–Kier alpha value is -2.14. The zero-order valence-corrected chi connectivity index (χ0v) is 15.5. The standard InChI is InChI=1S/C20H28N4O/c1-15-4-6-18(7-5-15)13-21-20(25)9-11-23-10-8-19(14-23)24-17(3)12-16(2)22-24/h4-7,12,19H,8-11,13-14H2,1-3H3,(H,21,25)/t19-/m0/s1. The SMILES string of the molecule is Cc1ccc(CNC(=O)CCN2CC[C@H](n3nc(C)cc3C)C2)cc1. The Balaban J connectivity index is 1.41. The maximum absolute atomic E-state index is 12.1. The highest BCUT2D eigenvalue weighted by molar-refractivity contribution is 5.76. The van der Waals surface area contributed by atoms with Crippen LogP contribution in [0.4, 0.5) is 0 Å². The Kier molecular flexibility index (Phi) is 5.53. The van der Waals surface area contributed by atoms with Gasteiger partial charge in [0, 0.05) is 38.3 Å². The van der Waals surface area contributed by atoms with E-state index in [1.165, 1.54) is 11.3 Å². The number of nitrogens with zero attached hydrogens (tertiary/aromatic N) is 3. The van der Waals surface area contributed by atoms with Crippen LogP contribution in [0.1, 0.15) is 41.4 Å². The van der Waals surface area contributed by atoms with Crippen LogP contribution in [0, 0.1) is 20.8 Å². The molecule has 0 unspecified atom stereocenters. The number of hydrogen-bond donors (Lipinski definition) is 1. The van der Waals surface area contributed by atoms with Gasteiger partial charge in [-0.1, -0.05) is 29.8 Å². The fourth-order valence-corrected chi connectivity index (χ4v) is 3.49. The van der Waals surface area contributed by atoms with Crippen molar-refractivity contribution in [2.24, 2.45) is 0 Å². The summed E-state index contributed by atoms with van der Waals surface area (Å²) in [5, 5.41) is 7.62. The Morgan fingerprint density at radius 2 is 2.00 bits per heavy atom. The molecule has 25 heavy (non-hydrogen) atoms. The maximum atomic E-state index is 12.1. The van der Waals surface area contributed by atoms with E-state index in [1.807, 2.05) is 6.92 Å². The van der Waals surface area contributed by atoms with Gasteiger partial charge >= 0.3 is 0 Å². The van der Waals surface area contributed by atoms with Crippen LogP contribution in [-0.2, 0) is 11.3 Å². The minimum Gasteiger partial charge on any atom is -0.352 e. The zero-order chi connectivity index (χ0) is 17.8. The van der Waals surface area contributed by atoms with Gasteiger partial charge in [0.05, 0.1) is 11.7 Å². The molecule has 0 bridgehead atoms. The molecule has 0 aliphatic carbocycles. The number of likely N-dealkylation sites (tertiary alicyclic amines) is 1. The second kappa shape index (κ2) is 7.83. The van der Waals surface area contributed by atoms with Gasteiger partial charge in [-0.3, -0.25) is 9.48 Å². The number of amides is 1. The Morgan fingerprint density at radius 1 is 1.24 bits per heavy atom. The summed E-state index contributed by atoms with van der Waals surface area (Å²) >= 11 is 0. The van der Waals surface area contributed by atoms with Gasteiger partial charge in [0.2, 0.25) is 5.91 Å². The first kappa shape index (κ1) is 17.7. The van der Waals surface area contributed by atoms with Crippen LogP contribution < -0.4 is 5.32 Å². The third kappa shape index (κ3) is 4.69. The molecule has 1 aliphatic rings. The second-order valence-corrected chi connectivity index (χ2v) is 7.13. The lowest BCUT2D eigenvalue weighted by atomic mass is 10.1. The number of aromatic nitrogens is 2. The van der Waals surface area contributed by atoms with E-state index in [-0.39, 0.29) is 5.91 Å². The third-order valence-electron chi connectivity index (χ3n) is 4.90. The molecule has 1 fully saturated rings. The number of hydrogen-bond acceptors (Lipinski definition) is 3. The van der Waals surface area contributed by atoms with Gasteiger partial charge in [0.1, 0.15) is 0 Å². The van der Waals surface area contributed by atoms with Crippen molar-refractivity contribution in [1.82, 2.24) is 20.0 Å². The molecule has 134 valence electrons. The average Bonchev–Trinajstić information content (AvgIpc) is 3.18. The summed E-state index contributed by atoms with van der Waals surface area (Å²) in [4.78, 5) is 14.5. The predicted octanol–water partition coefficient (Wildman–Crippen LogP) is 2.76. The summed E-state index contributed by atoms with van der Waals surface area (Å²) in [5.41, 5.74) is 4.68. The summed E-state index contributed by atoms with van der Waals surface area (Å²) in [6, 6.07) is 10.8. The van der Waals surface area contributed by atoms with Crippen molar-refractivity contribution < 1.29 is 4.79 Å². The minimum absolute atomic E-state index is 0.120. The van der Waals surface area contributed by atoms with Gasteiger partial charge in [-0.2, -0.15) is 5.10 Å². The van der Waals surface area contributed by atoms with Crippen molar-refractivity contribution in [2.45, 2.75) is 46.2 Å². The van der Waals surface area contributed by atoms with Crippen LogP contribution in [0.2, 0.25) is 0 Å². The molecule has 1 aromatic heterocycles. The molecule has 0 radical (unpaired) electrons. The van der Waals surface area contributed by atoms with E-state index >= 15 is 0 Å². The molecule has 1 saturated heterocycles. The number of carbonyl (C=O) groups excluding carboxylic acids is 1. The Bertz CT molecular complexity index is 720. The molecule has 2 aromatic rings. The van der Waals surface area contributed by atoms with Gasteiger partial charge in [0.15, 0.2) is 0 Å². The van der Waals surface area contributed by atoms with Crippen LogP contribution in [-0.4, -0.2) is 40.2 Å². The first-order chi connectivity index (χ1) is 12.0. The Morgan fingerprint density at radius 3 is 2.68 bits per heavy atom. The van der Waals surface area contributed by atoms with E-state index in [4.69, 9.17) is 0 Å². The maximum Gasteiger partial charge on any atom is 0.221 e. The van der Waals surface area contributed by atoms with E-state index in [9.17, 15) is 4.79 Å². The highest BCUT2D eigenvalue weighted by Crippen LogP contribution is 2.23. The van der Waals surface area contributed by atoms with Crippen LogP contribution >= 0.6 is 0 Å². The average molecular weight is 340 g/mol. The highest BCUT2D eigenvalue weighted by atomic mass is 16.1. The summed E-state index contributed by atoms with van der Waals surface area (Å²) in [6.45, 7) is 9.65. The molecular weight excluding hydrogens is 312 g/mol. The number of carbonyl (C=O) groups is 1. The monoisotopic (exact) mass is 340 g/mol. The van der Waals surface area contributed by atoms with Gasteiger partial charge in [0.25, 0.3) is 0 Å². The predicted molar refractivity (Wildman–Crippen MR) is 99.4 cm³/mol. The second-order valence-electron chi connectivity index (χ2n) is 7.13. The summed E-state index contributed by atoms with van der Waals surface area (Å²) in [6.07, 6.45) is 1.66. The molecular formula is C20H28N4O. The number of nitrogens with one attached hydrogen (secondary N) is 1. The van der Waals surface area contributed by atoms with Crippen molar-refractivity contribution in [3.05, 3.63) is 52.8 Å². The largest absolute Gasteiger partial charge is 0.352 e. The summed E-state index contributed by atoms with van der Waals surface area (Å²) < 4.78 is 2.15. The van der Waals surface area contributed by atoms with Crippen LogP contribution in [0.25, 0.3) is 0 Å². The molecule has 1 N–H and O–H groups in total. The lowest BCUT2D eigenvalue weighted by Gasteiger charge is -2.17. The normalized spacial score (nSPS) is 17.8. The van der Waals surface area contributed by atoms with Crippen LogP contribution in [0.3, 0.4) is 0 Å². The molecule has 5 nitrogen and oxygen atoms in total. The molecule has 1 aliphatic heterocycles. The first-order valence-corrected chi connectivity index (χ1v) is 9.08. The molecule has 1 amide bonds. The molecule has 3 rings (SSSR count). The fraction of sp³-hybridized carbons (Fsp3) is 0.500. The zero-order valence-electron chi connectivity index (χ0n) is 15.5. The third-order valence-corrected chi connectivity index (χ3v) is 4.90. The van der Waals surface area contributed by atoms with Gasteiger partial charge in [-0.25, -0.2) is 0 Å². The van der Waals surface area contributed by atoms with E-state index in [0.29, 0.717) is 19.0 Å². The quantitative estimate of drug-likeness (QED) is 0.880. The van der Waals surface area contributed by atoms with Gasteiger partial charge in [-0.15, -0.1) is 0 Å². The van der Waals surface area contributed by atoms with Crippen LogP contribution in [0.5, 0.6) is 0 Å². The first-order valence-electron chi connectivity index (χ1n) is 9.08. The number of benzene rings is 1. The summed E-state index contributed by atoms with van der Waals surface area (Å²) in [5.74, 6) is 0.120.